The second-order valence-corrected chi connectivity index (χ2v) is 9.01. The lowest BCUT2D eigenvalue weighted by atomic mass is 10.1. The molecule has 5 heterocycles. The summed E-state index contributed by atoms with van der Waals surface area (Å²) in [6.07, 6.45) is -1.09. The van der Waals surface area contributed by atoms with E-state index in [9.17, 15) is 18.0 Å². The molecule has 5 rings (SSSR count). The lowest BCUT2D eigenvalue weighted by molar-refractivity contribution is -0.150. The number of alkyl halides is 3. The third kappa shape index (κ3) is 5.26. The fourth-order valence-corrected chi connectivity index (χ4v) is 4.51. The molecule has 37 heavy (non-hydrogen) atoms. The number of nitrogens with one attached hydrogen (secondary N) is 2. The van der Waals surface area contributed by atoms with Crippen molar-refractivity contribution in [2.24, 2.45) is 0 Å². The molecule has 1 aliphatic heterocycles. The predicted molar refractivity (Wildman–Crippen MR) is 133 cm³/mol. The molecule has 0 spiro atoms. The first-order chi connectivity index (χ1) is 17.6. The molecule has 1 saturated heterocycles. The number of morpholine rings is 1. The zero-order valence-corrected chi connectivity index (χ0v) is 20.4. The van der Waals surface area contributed by atoms with Gasteiger partial charge in [-0.25, -0.2) is 19.5 Å². The Bertz CT molecular complexity index is 1460. The van der Waals surface area contributed by atoms with Crippen molar-refractivity contribution in [3.8, 4) is 11.4 Å². The van der Waals surface area contributed by atoms with E-state index in [1.807, 2.05) is 32.2 Å². The summed E-state index contributed by atoms with van der Waals surface area (Å²) in [5.74, 6) is -0.326. The monoisotopic (exact) mass is 514 g/mol. The molecule has 0 aliphatic carbocycles. The molecule has 0 radical (unpaired) electrons. The maximum atomic E-state index is 12.6. The number of rotatable bonds is 5. The SMILES string of the molecule is CNc1ncc(-c2nc3ccc(N4C[C@@H](C)O[C@@H](C)C4)cn3n2)c2cc(NC(=O)CC(F)(F)F)ncc12. The number of hydrogen-bond acceptors (Lipinski definition) is 8. The molecule has 13 heteroatoms. The highest BCUT2D eigenvalue weighted by atomic mass is 19.4. The number of pyridine rings is 3. The van der Waals surface area contributed by atoms with E-state index in [1.54, 1.807) is 17.8 Å². The van der Waals surface area contributed by atoms with E-state index >= 15 is 0 Å². The molecule has 194 valence electrons. The van der Waals surface area contributed by atoms with Crippen molar-refractivity contribution in [1.29, 1.82) is 0 Å². The van der Waals surface area contributed by atoms with Crippen molar-refractivity contribution < 1.29 is 22.7 Å². The third-order valence-corrected chi connectivity index (χ3v) is 5.98. The van der Waals surface area contributed by atoms with Gasteiger partial charge in [-0.1, -0.05) is 0 Å². The van der Waals surface area contributed by atoms with Crippen LogP contribution in [0.4, 0.5) is 30.5 Å². The van der Waals surface area contributed by atoms with Crippen molar-refractivity contribution >= 4 is 39.6 Å². The quantitative estimate of drug-likeness (QED) is 0.413. The zero-order valence-electron chi connectivity index (χ0n) is 20.4. The van der Waals surface area contributed by atoms with Crippen molar-refractivity contribution in [2.45, 2.75) is 38.7 Å². The summed E-state index contributed by atoms with van der Waals surface area (Å²) in [7, 11) is 1.69. The first-order valence-electron chi connectivity index (χ1n) is 11.7. The number of carbonyl (C=O) groups excluding carboxylic acids is 1. The molecule has 0 saturated carbocycles. The van der Waals surface area contributed by atoms with E-state index in [4.69, 9.17) is 4.74 Å². The maximum absolute atomic E-state index is 12.6. The van der Waals surface area contributed by atoms with Gasteiger partial charge >= 0.3 is 6.18 Å². The molecule has 0 aromatic carbocycles. The summed E-state index contributed by atoms with van der Waals surface area (Å²) in [6, 6.07) is 5.35. The van der Waals surface area contributed by atoms with E-state index < -0.39 is 18.5 Å². The minimum atomic E-state index is -4.62. The van der Waals surface area contributed by atoms with Crippen LogP contribution in [0.5, 0.6) is 0 Å². The number of amides is 1. The third-order valence-electron chi connectivity index (χ3n) is 5.98. The van der Waals surface area contributed by atoms with Gasteiger partial charge in [0.05, 0.1) is 24.1 Å². The molecule has 1 amide bonds. The van der Waals surface area contributed by atoms with Crippen LogP contribution < -0.4 is 15.5 Å². The molecule has 0 unspecified atom stereocenters. The molecular weight excluding hydrogens is 489 g/mol. The molecule has 0 bridgehead atoms. The first kappa shape index (κ1) is 24.7. The predicted octanol–water partition coefficient (Wildman–Crippen LogP) is 3.89. The average Bonchev–Trinajstić information content (AvgIpc) is 3.24. The summed E-state index contributed by atoms with van der Waals surface area (Å²) in [6.45, 7) is 5.59. The first-order valence-corrected chi connectivity index (χ1v) is 11.7. The molecule has 1 fully saturated rings. The maximum Gasteiger partial charge on any atom is 0.397 e. The Hall–Kier alpha value is -4.00. The molecule has 1 aliphatic rings. The van der Waals surface area contributed by atoms with Crippen molar-refractivity contribution in [3.63, 3.8) is 0 Å². The van der Waals surface area contributed by atoms with Crippen LogP contribution >= 0.6 is 0 Å². The van der Waals surface area contributed by atoms with Gasteiger partial charge in [-0.2, -0.15) is 13.2 Å². The van der Waals surface area contributed by atoms with Crippen molar-refractivity contribution in [1.82, 2.24) is 24.6 Å². The fourth-order valence-electron chi connectivity index (χ4n) is 4.51. The second kappa shape index (κ2) is 9.47. The Morgan fingerprint density at radius 2 is 1.89 bits per heavy atom. The van der Waals surface area contributed by atoms with Crippen molar-refractivity contribution in [2.75, 3.05) is 35.7 Å². The van der Waals surface area contributed by atoms with Crippen LogP contribution in [0, 0.1) is 0 Å². The van der Waals surface area contributed by atoms with Crippen LogP contribution in [-0.4, -0.2) is 69.0 Å². The molecule has 2 atom stereocenters. The van der Waals surface area contributed by atoms with Gasteiger partial charge in [0.1, 0.15) is 18.1 Å². The summed E-state index contributed by atoms with van der Waals surface area (Å²) in [5, 5.41) is 11.0. The van der Waals surface area contributed by atoms with Crippen LogP contribution in [0.25, 0.3) is 27.8 Å². The molecule has 10 nitrogen and oxygen atoms in total. The number of anilines is 3. The Balaban J connectivity index is 1.52. The van der Waals surface area contributed by atoms with Gasteiger partial charge < -0.3 is 20.3 Å². The van der Waals surface area contributed by atoms with Gasteiger partial charge in [-0.05, 0) is 32.0 Å². The molecule has 2 N–H and O–H groups in total. The zero-order chi connectivity index (χ0) is 26.3. The number of ether oxygens (including phenoxy) is 1. The van der Waals surface area contributed by atoms with E-state index in [2.05, 4.69) is 35.6 Å². The minimum Gasteiger partial charge on any atom is -0.373 e. The summed E-state index contributed by atoms with van der Waals surface area (Å²) >= 11 is 0. The second-order valence-electron chi connectivity index (χ2n) is 9.01. The van der Waals surface area contributed by atoms with Crippen LogP contribution in [-0.2, 0) is 9.53 Å². The van der Waals surface area contributed by atoms with Crippen molar-refractivity contribution in [3.05, 3.63) is 36.8 Å². The Kier molecular flexibility index (Phi) is 6.31. The van der Waals surface area contributed by atoms with Crippen LogP contribution in [0.2, 0.25) is 0 Å². The highest BCUT2D eigenvalue weighted by molar-refractivity contribution is 6.02. The topological polar surface area (TPSA) is 110 Å². The van der Waals surface area contributed by atoms with Gasteiger partial charge in [0.15, 0.2) is 11.5 Å². The van der Waals surface area contributed by atoms with E-state index in [-0.39, 0.29) is 18.0 Å². The van der Waals surface area contributed by atoms with Crippen LogP contribution in [0.1, 0.15) is 20.3 Å². The fraction of sp³-hybridized carbons (Fsp3) is 0.375. The van der Waals surface area contributed by atoms with Gasteiger partial charge in [0, 0.05) is 48.9 Å². The average molecular weight is 515 g/mol. The Morgan fingerprint density at radius 1 is 1.14 bits per heavy atom. The Morgan fingerprint density at radius 3 is 2.59 bits per heavy atom. The molecular formula is C24H25F3N8O2. The van der Waals surface area contributed by atoms with Crippen LogP contribution in [0.15, 0.2) is 36.8 Å². The summed E-state index contributed by atoms with van der Waals surface area (Å²) in [5.41, 5.74) is 2.15. The number of hydrogen-bond donors (Lipinski definition) is 2. The van der Waals surface area contributed by atoms with Gasteiger partial charge in [0.25, 0.3) is 0 Å². The largest absolute Gasteiger partial charge is 0.397 e. The Labute approximate surface area is 209 Å². The lowest BCUT2D eigenvalue weighted by Gasteiger charge is -2.36. The van der Waals surface area contributed by atoms with E-state index in [0.717, 1.165) is 18.8 Å². The lowest BCUT2D eigenvalue weighted by Crippen LogP contribution is -2.45. The minimum absolute atomic E-state index is 0.0159. The molecule has 4 aromatic rings. The van der Waals surface area contributed by atoms with E-state index in [1.165, 1.54) is 12.3 Å². The number of aromatic nitrogens is 5. The number of halogens is 3. The number of carbonyl (C=O) groups is 1. The normalized spacial score (nSPS) is 18.4. The highest BCUT2D eigenvalue weighted by Crippen LogP contribution is 2.32. The van der Waals surface area contributed by atoms with Gasteiger partial charge in [-0.3, -0.25) is 4.79 Å². The van der Waals surface area contributed by atoms with Crippen LogP contribution in [0.3, 0.4) is 0 Å². The highest BCUT2D eigenvalue weighted by Gasteiger charge is 2.31. The number of fused-ring (bicyclic) bond motifs is 2. The number of nitrogens with zero attached hydrogens (tertiary/aromatic N) is 6. The van der Waals surface area contributed by atoms with Gasteiger partial charge in [0.2, 0.25) is 5.91 Å². The summed E-state index contributed by atoms with van der Waals surface area (Å²) in [4.78, 5) is 27.2. The summed E-state index contributed by atoms with van der Waals surface area (Å²) < 4.78 is 45.3. The molecule has 4 aromatic heterocycles. The van der Waals surface area contributed by atoms with Gasteiger partial charge in [-0.15, -0.1) is 5.10 Å². The smallest absolute Gasteiger partial charge is 0.373 e. The van der Waals surface area contributed by atoms with E-state index in [0.29, 0.717) is 33.6 Å². The standard InChI is InChI=1S/C24H25F3N8O2/c1-13-10-34(11-14(2)37-13)15-4-5-20-32-23(33-35(20)12-15)18-9-30-22(28-3)17-8-29-19(6-16(17)18)31-21(36)7-24(25,26)27/h4-6,8-9,12-14H,7,10-11H2,1-3H3,(H,28,30)(H,29,31,36)/t13-,14+.